The SMILES string of the molecule is C=CCn1ncc(NC2CCCS(=O)(=O)C2)c(Br)c1=O. The summed E-state index contributed by atoms with van der Waals surface area (Å²) in [5.74, 6) is 0.334. The minimum atomic E-state index is -2.99. The van der Waals surface area contributed by atoms with E-state index in [2.05, 4.69) is 32.9 Å². The molecule has 0 aliphatic carbocycles. The lowest BCUT2D eigenvalue weighted by Gasteiger charge is -2.24. The van der Waals surface area contributed by atoms with E-state index in [0.29, 0.717) is 23.1 Å². The van der Waals surface area contributed by atoms with E-state index in [1.807, 2.05) is 0 Å². The van der Waals surface area contributed by atoms with Gasteiger partial charge in [0.15, 0.2) is 9.84 Å². The number of hydrogen-bond acceptors (Lipinski definition) is 5. The van der Waals surface area contributed by atoms with Gasteiger partial charge in [-0.05, 0) is 28.8 Å². The van der Waals surface area contributed by atoms with Gasteiger partial charge in [-0.15, -0.1) is 6.58 Å². The van der Waals surface area contributed by atoms with Crippen LogP contribution in [-0.2, 0) is 16.4 Å². The third-order valence-corrected chi connectivity index (χ3v) is 5.70. The monoisotopic (exact) mass is 361 g/mol. The summed E-state index contributed by atoms with van der Waals surface area (Å²) < 4.78 is 24.8. The lowest BCUT2D eigenvalue weighted by atomic mass is 10.2. The quantitative estimate of drug-likeness (QED) is 0.814. The summed E-state index contributed by atoms with van der Waals surface area (Å²) in [6.07, 6.45) is 4.51. The Balaban J connectivity index is 2.20. The number of anilines is 1. The second kappa shape index (κ2) is 6.09. The van der Waals surface area contributed by atoms with Crippen molar-refractivity contribution < 1.29 is 8.42 Å². The van der Waals surface area contributed by atoms with Crippen LogP contribution in [0.25, 0.3) is 0 Å². The highest BCUT2D eigenvalue weighted by Crippen LogP contribution is 2.21. The molecule has 8 heteroatoms. The average molecular weight is 362 g/mol. The van der Waals surface area contributed by atoms with Crippen molar-refractivity contribution in [2.45, 2.75) is 25.4 Å². The number of rotatable bonds is 4. The Labute approximate surface area is 125 Å². The summed E-state index contributed by atoms with van der Waals surface area (Å²) in [4.78, 5) is 12.0. The zero-order valence-corrected chi connectivity index (χ0v) is 13.3. The molecule has 20 heavy (non-hydrogen) atoms. The fraction of sp³-hybridized carbons (Fsp3) is 0.500. The van der Waals surface area contributed by atoms with Gasteiger partial charge < -0.3 is 5.32 Å². The van der Waals surface area contributed by atoms with Crippen LogP contribution in [0.15, 0.2) is 28.1 Å². The highest BCUT2D eigenvalue weighted by molar-refractivity contribution is 9.10. The van der Waals surface area contributed by atoms with Crippen LogP contribution in [0, 0.1) is 0 Å². The maximum Gasteiger partial charge on any atom is 0.283 e. The van der Waals surface area contributed by atoms with E-state index < -0.39 is 9.84 Å². The number of nitrogens with one attached hydrogen (secondary N) is 1. The number of sulfone groups is 1. The molecule has 0 bridgehead atoms. The van der Waals surface area contributed by atoms with Crippen LogP contribution in [0.5, 0.6) is 0 Å². The van der Waals surface area contributed by atoms with Gasteiger partial charge in [-0.1, -0.05) is 6.08 Å². The van der Waals surface area contributed by atoms with Crippen LogP contribution in [-0.4, -0.2) is 35.7 Å². The minimum absolute atomic E-state index is 0.0924. The lowest BCUT2D eigenvalue weighted by Crippen LogP contribution is -2.35. The van der Waals surface area contributed by atoms with E-state index in [9.17, 15) is 13.2 Å². The lowest BCUT2D eigenvalue weighted by molar-refractivity contribution is 0.561. The van der Waals surface area contributed by atoms with E-state index in [-0.39, 0.29) is 23.1 Å². The molecule has 1 aromatic heterocycles. The molecule has 1 aromatic rings. The van der Waals surface area contributed by atoms with Crippen molar-refractivity contribution >= 4 is 31.5 Å². The maximum atomic E-state index is 12.0. The molecule has 1 saturated heterocycles. The summed E-state index contributed by atoms with van der Waals surface area (Å²) in [5.41, 5.74) is 0.256. The fourth-order valence-electron chi connectivity index (χ4n) is 2.17. The molecule has 1 unspecified atom stereocenters. The van der Waals surface area contributed by atoms with Crippen molar-refractivity contribution in [3.05, 3.63) is 33.7 Å². The first kappa shape index (κ1) is 15.2. The first-order valence-electron chi connectivity index (χ1n) is 6.26. The third-order valence-electron chi connectivity index (χ3n) is 3.11. The number of allylic oxidation sites excluding steroid dienone is 1. The van der Waals surface area contributed by atoms with Crippen molar-refractivity contribution in [2.75, 3.05) is 16.8 Å². The Kier molecular flexibility index (Phi) is 4.64. The zero-order valence-electron chi connectivity index (χ0n) is 10.9. The van der Waals surface area contributed by atoms with Gasteiger partial charge in [0.2, 0.25) is 0 Å². The maximum absolute atomic E-state index is 12.0. The molecular formula is C12H16BrN3O3S. The minimum Gasteiger partial charge on any atom is -0.379 e. The van der Waals surface area contributed by atoms with Crippen molar-refractivity contribution in [1.82, 2.24) is 9.78 Å². The molecule has 0 radical (unpaired) electrons. The van der Waals surface area contributed by atoms with Crippen molar-refractivity contribution in [3.8, 4) is 0 Å². The smallest absolute Gasteiger partial charge is 0.283 e. The van der Waals surface area contributed by atoms with Crippen LogP contribution in [0.3, 0.4) is 0 Å². The van der Waals surface area contributed by atoms with Crippen LogP contribution >= 0.6 is 15.9 Å². The number of hydrogen-bond donors (Lipinski definition) is 1. The second-order valence-corrected chi connectivity index (χ2v) is 7.77. The van der Waals surface area contributed by atoms with Gasteiger partial charge in [-0.3, -0.25) is 4.79 Å². The van der Waals surface area contributed by atoms with Crippen LogP contribution in [0.1, 0.15) is 12.8 Å². The highest BCUT2D eigenvalue weighted by Gasteiger charge is 2.25. The normalized spacial score (nSPS) is 21.4. The topological polar surface area (TPSA) is 81.1 Å². The standard InChI is InChI=1S/C12H16BrN3O3S/c1-2-5-16-12(17)11(13)10(7-14-16)15-9-4-3-6-20(18,19)8-9/h2,7,9,15H,1,3-6,8H2. The Hall–Kier alpha value is -1.15. The van der Waals surface area contributed by atoms with Gasteiger partial charge in [0.1, 0.15) is 4.47 Å². The zero-order chi connectivity index (χ0) is 14.8. The molecule has 1 N–H and O–H groups in total. The fourth-order valence-corrected chi connectivity index (χ4v) is 4.23. The van der Waals surface area contributed by atoms with E-state index in [1.165, 1.54) is 10.9 Å². The molecule has 0 spiro atoms. The van der Waals surface area contributed by atoms with Crippen LogP contribution in [0.2, 0.25) is 0 Å². The van der Waals surface area contributed by atoms with Gasteiger partial charge in [0.05, 0.1) is 29.9 Å². The summed E-state index contributed by atoms with van der Waals surface area (Å²) in [6, 6.07) is -0.179. The van der Waals surface area contributed by atoms with Crippen molar-refractivity contribution in [1.29, 1.82) is 0 Å². The van der Waals surface area contributed by atoms with E-state index in [0.717, 1.165) is 6.42 Å². The van der Waals surface area contributed by atoms with Gasteiger partial charge in [0.25, 0.3) is 5.56 Å². The van der Waals surface area contributed by atoms with Crippen LogP contribution < -0.4 is 10.9 Å². The van der Waals surface area contributed by atoms with Gasteiger partial charge >= 0.3 is 0 Å². The van der Waals surface area contributed by atoms with Crippen molar-refractivity contribution in [3.63, 3.8) is 0 Å². The van der Waals surface area contributed by atoms with Crippen molar-refractivity contribution in [2.24, 2.45) is 0 Å². The van der Waals surface area contributed by atoms with Gasteiger partial charge in [0, 0.05) is 6.04 Å². The Morgan fingerprint density at radius 2 is 2.35 bits per heavy atom. The third kappa shape index (κ3) is 3.49. The Bertz CT molecular complexity index is 669. The summed E-state index contributed by atoms with van der Waals surface area (Å²) in [5, 5.41) is 7.11. The molecule has 2 heterocycles. The predicted molar refractivity (Wildman–Crippen MR) is 81.7 cm³/mol. The van der Waals surface area contributed by atoms with E-state index in [1.54, 1.807) is 6.08 Å². The summed E-state index contributed by atoms with van der Waals surface area (Å²) >= 11 is 3.24. The highest BCUT2D eigenvalue weighted by atomic mass is 79.9. The molecule has 0 amide bonds. The number of aromatic nitrogens is 2. The molecule has 1 aliphatic rings. The largest absolute Gasteiger partial charge is 0.379 e. The van der Waals surface area contributed by atoms with E-state index in [4.69, 9.17) is 0 Å². The molecule has 6 nitrogen and oxygen atoms in total. The van der Waals surface area contributed by atoms with Gasteiger partial charge in [-0.25, -0.2) is 13.1 Å². The molecule has 0 aromatic carbocycles. The van der Waals surface area contributed by atoms with Crippen LogP contribution in [0.4, 0.5) is 5.69 Å². The molecule has 1 fully saturated rings. The Morgan fingerprint density at radius 3 is 3.00 bits per heavy atom. The summed E-state index contributed by atoms with van der Waals surface area (Å²) in [6.45, 7) is 3.89. The second-order valence-electron chi connectivity index (χ2n) is 4.75. The first-order valence-corrected chi connectivity index (χ1v) is 8.88. The number of halogens is 1. The Morgan fingerprint density at radius 1 is 1.60 bits per heavy atom. The molecule has 2 rings (SSSR count). The average Bonchev–Trinajstić information content (AvgIpc) is 2.37. The van der Waals surface area contributed by atoms with E-state index >= 15 is 0 Å². The summed E-state index contributed by atoms with van der Waals surface area (Å²) in [7, 11) is -2.99. The van der Waals surface area contributed by atoms with Gasteiger partial charge in [-0.2, -0.15) is 5.10 Å². The molecule has 0 saturated carbocycles. The molecule has 1 atom stereocenters. The number of nitrogens with zero attached hydrogens (tertiary/aromatic N) is 2. The molecule has 1 aliphatic heterocycles. The predicted octanol–water partition coefficient (Wildman–Crippen LogP) is 1.18. The first-order chi connectivity index (χ1) is 9.43. The molecular weight excluding hydrogens is 346 g/mol. The molecule has 110 valence electrons.